The molecule has 1 aromatic carbocycles. The molecule has 6 heteroatoms. The second-order valence-electron chi connectivity index (χ2n) is 6.78. The summed E-state index contributed by atoms with van der Waals surface area (Å²) in [6, 6.07) is 16.2. The molecule has 0 amide bonds. The third-order valence-electron chi connectivity index (χ3n) is 5.24. The lowest BCUT2D eigenvalue weighted by atomic mass is 10.00. The fraction of sp³-hybridized carbons (Fsp3) is 0.300. The standard InChI is InChI=1S/C20H22N4O2/c1-21-16(13-18(25)22(2)20(21)26)14-24-12-11-23-10-6-9-17(23)19(24)15-7-4-3-5-8-15/h3-10,13,19H,11-12,14H2,1-2H3. The van der Waals surface area contributed by atoms with Crippen LogP contribution in [-0.4, -0.2) is 25.1 Å². The van der Waals surface area contributed by atoms with E-state index in [0.717, 1.165) is 23.4 Å². The Morgan fingerprint density at radius 2 is 1.73 bits per heavy atom. The molecule has 0 spiro atoms. The highest BCUT2D eigenvalue weighted by Crippen LogP contribution is 2.33. The Kier molecular flexibility index (Phi) is 4.12. The topological polar surface area (TPSA) is 52.2 Å². The van der Waals surface area contributed by atoms with Gasteiger partial charge in [-0.05, 0) is 17.7 Å². The van der Waals surface area contributed by atoms with Crippen molar-refractivity contribution in [2.75, 3.05) is 6.54 Å². The second kappa shape index (κ2) is 6.46. The number of aromatic nitrogens is 3. The smallest absolute Gasteiger partial charge is 0.330 e. The van der Waals surface area contributed by atoms with Crippen molar-refractivity contribution in [2.45, 2.75) is 19.1 Å². The zero-order valence-electron chi connectivity index (χ0n) is 15.0. The first-order valence-corrected chi connectivity index (χ1v) is 8.76. The molecule has 26 heavy (non-hydrogen) atoms. The molecular formula is C20H22N4O2. The quantitative estimate of drug-likeness (QED) is 0.719. The minimum Gasteiger partial charge on any atom is -0.348 e. The number of hydrogen-bond acceptors (Lipinski definition) is 3. The van der Waals surface area contributed by atoms with Crippen LogP contribution < -0.4 is 11.2 Å². The highest BCUT2D eigenvalue weighted by atomic mass is 16.2. The molecule has 0 fully saturated rings. The summed E-state index contributed by atoms with van der Waals surface area (Å²) in [4.78, 5) is 26.7. The lowest BCUT2D eigenvalue weighted by Crippen LogP contribution is -2.42. The maximum atomic E-state index is 12.3. The monoisotopic (exact) mass is 350 g/mol. The normalized spacial score (nSPS) is 17.2. The van der Waals surface area contributed by atoms with Gasteiger partial charge >= 0.3 is 5.69 Å². The molecule has 1 aliphatic heterocycles. The van der Waals surface area contributed by atoms with Crippen molar-refractivity contribution in [3.8, 4) is 0 Å². The third kappa shape index (κ3) is 2.72. The summed E-state index contributed by atoms with van der Waals surface area (Å²) in [7, 11) is 3.23. The largest absolute Gasteiger partial charge is 0.348 e. The van der Waals surface area contributed by atoms with E-state index in [-0.39, 0.29) is 17.3 Å². The zero-order valence-corrected chi connectivity index (χ0v) is 15.0. The zero-order chi connectivity index (χ0) is 18.3. The Morgan fingerprint density at radius 1 is 0.962 bits per heavy atom. The molecule has 3 aromatic rings. The van der Waals surface area contributed by atoms with Crippen LogP contribution in [0.4, 0.5) is 0 Å². The van der Waals surface area contributed by atoms with Crippen molar-refractivity contribution in [3.05, 3.63) is 92.5 Å². The minimum absolute atomic E-state index is 0.0964. The first-order chi connectivity index (χ1) is 12.6. The van der Waals surface area contributed by atoms with E-state index in [1.54, 1.807) is 17.7 Å². The van der Waals surface area contributed by atoms with Gasteiger partial charge in [-0.25, -0.2) is 4.79 Å². The Balaban J connectivity index is 1.77. The summed E-state index contributed by atoms with van der Waals surface area (Å²) >= 11 is 0. The maximum absolute atomic E-state index is 12.3. The molecule has 0 bridgehead atoms. The Labute approximate surface area is 151 Å². The van der Waals surface area contributed by atoms with Crippen LogP contribution in [0.15, 0.2) is 64.3 Å². The molecule has 1 unspecified atom stereocenters. The summed E-state index contributed by atoms with van der Waals surface area (Å²) in [6.45, 7) is 2.29. The van der Waals surface area contributed by atoms with Gasteiger partial charge < -0.3 is 4.57 Å². The summed E-state index contributed by atoms with van der Waals surface area (Å²) in [5.41, 5.74) is 2.63. The first kappa shape index (κ1) is 16.6. The third-order valence-corrected chi connectivity index (χ3v) is 5.24. The van der Waals surface area contributed by atoms with Crippen molar-refractivity contribution < 1.29 is 0 Å². The van der Waals surface area contributed by atoms with Gasteiger partial charge in [0, 0.05) is 57.4 Å². The summed E-state index contributed by atoms with van der Waals surface area (Å²) in [6.07, 6.45) is 2.11. The van der Waals surface area contributed by atoms with E-state index in [9.17, 15) is 9.59 Å². The molecule has 0 N–H and O–H groups in total. The van der Waals surface area contributed by atoms with Gasteiger partial charge in [0.25, 0.3) is 5.56 Å². The SMILES string of the molecule is Cn1c(CN2CCn3cccc3C2c2ccccc2)cc(=O)n(C)c1=O. The predicted octanol–water partition coefficient (Wildman–Crippen LogP) is 1.49. The lowest BCUT2D eigenvalue weighted by Gasteiger charge is -2.37. The molecule has 1 aliphatic rings. The van der Waals surface area contributed by atoms with Crippen LogP contribution in [-0.2, 0) is 27.2 Å². The summed E-state index contributed by atoms with van der Waals surface area (Å²) in [5, 5.41) is 0. The van der Waals surface area contributed by atoms with E-state index in [2.05, 4.69) is 39.9 Å². The van der Waals surface area contributed by atoms with Gasteiger partial charge in [0.05, 0.1) is 6.04 Å². The van der Waals surface area contributed by atoms with E-state index < -0.39 is 0 Å². The second-order valence-corrected chi connectivity index (χ2v) is 6.78. The average molecular weight is 350 g/mol. The average Bonchev–Trinajstić information content (AvgIpc) is 3.13. The van der Waals surface area contributed by atoms with Gasteiger partial charge in [0.15, 0.2) is 0 Å². The first-order valence-electron chi connectivity index (χ1n) is 8.76. The predicted molar refractivity (Wildman–Crippen MR) is 100 cm³/mol. The number of rotatable bonds is 3. The Hall–Kier alpha value is -2.86. The van der Waals surface area contributed by atoms with Crippen molar-refractivity contribution in [1.29, 1.82) is 0 Å². The molecule has 0 saturated heterocycles. The fourth-order valence-corrected chi connectivity index (χ4v) is 3.76. The number of fused-ring (bicyclic) bond motifs is 1. The van der Waals surface area contributed by atoms with E-state index in [4.69, 9.17) is 0 Å². The summed E-state index contributed by atoms with van der Waals surface area (Å²) in [5.74, 6) is 0. The van der Waals surface area contributed by atoms with Gasteiger partial charge in [-0.15, -0.1) is 0 Å². The molecule has 2 aromatic heterocycles. The van der Waals surface area contributed by atoms with Crippen LogP contribution >= 0.6 is 0 Å². The van der Waals surface area contributed by atoms with Crippen molar-refractivity contribution >= 4 is 0 Å². The Bertz CT molecular complexity index is 1050. The van der Waals surface area contributed by atoms with Crippen LogP contribution in [0.3, 0.4) is 0 Å². The van der Waals surface area contributed by atoms with Crippen LogP contribution in [0.1, 0.15) is 23.0 Å². The van der Waals surface area contributed by atoms with Gasteiger partial charge in [-0.1, -0.05) is 30.3 Å². The maximum Gasteiger partial charge on any atom is 0.330 e. The van der Waals surface area contributed by atoms with E-state index in [0.29, 0.717) is 6.54 Å². The Morgan fingerprint density at radius 3 is 2.50 bits per heavy atom. The van der Waals surface area contributed by atoms with Crippen LogP contribution in [0.2, 0.25) is 0 Å². The van der Waals surface area contributed by atoms with Gasteiger partial charge in [0.2, 0.25) is 0 Å². The van der Waals surface area contributed by atoms with E-state index in [1.807, 2.05) is 18.2 Å². The molecule has 3 heterocycles. The van der Waals surface area contributed by atoms with Gasteiger partial charge in [0.1, 0.15) is 0 Å². The van der Waals surface area contributed by atoms with Crippen LogP contribution in [0.25, 0.3) is 0 Å². The van der Waals surface area contributed by atoms with Gasteiger partial charge in [-0.2, -0.15) is 0 Å². The number of hydrogen-bond donors (Lipinski definition) is 0. The molecule has 1 atom stereocenters. The summed E-state index contributed by atoms with van der Waals surface area (Å²) < 4.78 is 4.98. The minimum atomic E-state index is -0.288. The van der Waals surface area contributed by atoms with Crippen molar-refractivity contribution in [1.82, 2.24) is 18.6 Å². The van der Waals surface area contributed by atoms with E-state index >= 15 is 0 Å². The molecule has 0 radical (unpaired) electrons. The molecule has 4 rings (SSSR count). The fourth-order valence-electron chi connectivity index (χ4n) is 3.76. The highest BCUT2D eigenvalue weighted by Gasteiger charge is 2.29. The van der Waals surface area contributed by atoms with Gasteiger partial charge in [-0.3, -0.25) is 18.8 Å². The molecule has 0 saturated carbocycles. The lowest BCUT2D eigenvalue weighted by molar-refractivity contribution is 0.170. The van der Waals surface area contributed by atoms with Crippen molar-refractivity contribution in [2.24, 2.45) is 14.1 Å². The van der Waals surface area contributed by atoms with Crippen molar-refractivity contribution in [3.63, 3.8) is 0 Å². The number of benzene rings is 1. The molecule has 6 nitrogen and oxygen atoms in total. The van der Waals surface area contributed by atoms with Crippen LogP contribution in [0, 0.1) is 0 Å². The molecule has 0 aliphatic carbocycles. The van der Waals surface area contributed by atoms with Crippen LogP contribution in [0.5, 0.6) is 0 Å². The molecule has 134 valence electrons. The van der Waals surface area contributed by atoms with E-state index in [1.165, 1.54) is 18.3 Å². The highest BCUT2D eigenvalue weighted by molar-refractivity contribution is 5.30. The number of nitrogens with zero attached hydrogens (tertiary/aromatic N) is 4. The molecular weight excluding hydrogens is 328 g/mol.